The van der Waals surface area contributed by atoms with Gasteiger partial charge in [0.15, 0.2) is 0 Å². The molecule has 0 aromatic carbocycles. The topological polar surface area (TPSA) is 47.0 Å². The van der Waals surface area contributed by atoms with Crippen molar-refractivity contribution in [3.05, 3.63) is 34.3 Å². The van der Waals surface area contributed by atoms with Gasteiger partial charge >= 0.3 is 0 Å². The van der Waals surface area contributed by atoms with Crippen molar-refractivity contribution in [3.8, 4) is 5.88 Å². The maximum atomic E-state index is 5.35. The quantitative estimate of drug-likeness (QED) is 0.898. The van der Waals surface area contributed by atoms with Gasteiger partial charge in [0, 0.05) is 15.8 Å². The van der Waals surface area contributed by atoms with E-state index in [2.05, 4.69) is 41.3 Å². The largest absolute Gasteiger partial charge is 0.478 e. The minimum atomic E-state index is 0.230. The van der Waals surface area contributed by atoms with Crippen molar-refractivity contribution in [2.75, 3.05) is 11.9 Å². The van der Waals surface area contributed by atoms with Gasteiger partial charge < -0.3 is 10.1 Å². The highest BCUT2D eigenvalue weighted by molar-refractivity contribution is 7.12. The van der Waals surface area contributed by atoms with Gasteiger partial charge in [-0.15, -0.1) is 11.3 Å². The Labute approximate surface area is 111 Å². The van der Waals surface area contributed by atoms with Crippen molar-refractivity contribution in [1.82, 2.24) is 9.97 Å². The molecule has 96 valence electrons. The maximum Gasteiger partial charge on any atom is 0.218 e. The van der Waals surface area contributed by atoms with Crippen molar-refractivity contribution in [2.24, 2.45) is 0 Å². The predicted octanol–water partition coefficient (Wildman–Crippen LogP) is 3.42. The van der Waals surface area contributed by atoms with Crippen molar-refractivity contribution in [1.29, 1.82) is 0 Å². The summed E-state index contributed by atoms with van der Waals surface area (Å²) in [7, 11) is 0. The summed E-state index contributed by atoms with van der Waals surface area (Å²) in [6.45, 7) is 6.77. The molecule has 0 fully saturated rings. The monoisotopic (exact) mass is 263 g/mol. The number of thiophene rings is 1. The Morgan fingerprint density at radius 3 is 2.89 bits per heavy atom. The molecular formula is C13H17N3OS. The van der Waals surface area contributed by atoms with Gasteiger partial charge in [0.1, 0.15) is 12.1 Å². The number of nitrogens with zero attached hydrogens (tertiary/aromatic N) is 2. The standard InChI is InChI=1S/C13H17N3OS/c1-4-17-13-7-12(14-8-15-13)16-10(3)11-6-5-9(2)18-11/h5-8,10H,4H2,1-3H3,(H,14,15,16). The van der Waals surface area contributed by atoms with E-state index in [1.165, 1.54) is 16.1 Å². The molecule has 2 rings (SSSR count). The summed E-state index contributed by atoms with van der Waals surface area (Å²) in [4.78, 5) is 10.9. The van der Waals surface area contributed by atoms with E-state index >= 15 is 0 Å². The lowest BCUT2D eigenvalue weighted by molar-refractivity contribution is 0.326. The van der Waals surface area contributed by atoms with Gasteiger partial charge in [0.05, 0.1) is 12.6 Å². The van der Waals surface area contributed by atoms with Gasteiger partial charge in [-0.05, 0) is 32.9 Å². The van der Waals surface area contributed by atoms with Crippen molar-refractivity contribution in [3.63, 3.8) is 0 Å². The van der Waals surface area contributed by atoms with Crippen LogP contribution in [0.5, 0.6) is 5.88 Å². The molecule has 4 nitrogen and oxygen atoms in total. The fourth-order valence-electron chi connectivity index (χ4n) is 1.62. The highest BCUT2D eigenvalue weighted by Crippen LogP contribution is 2.25. The number of nitrogens with one attached hydrogen (secondary N) is 1. The molecule has 2 aromatic rings. The fourth-order valence-corrected chi connectivity index (χ4v) is 2.50. The predicted molar refractivity (Wildman–Crippen MR) is 74.3 cm³/mol. The van der Waals surface area contributed by atoms with E-state index in [9.17, 15) is 0 Å². The third kappa shape index (κ3) is 3.20. The minimum absolute atomic E-state index is 0.230. The van der Waals surface area contributed by atoms with Crippen molar-refractivity contribution >= 4 is 17.2 Å². The second-order valence-corrected chi connectivity index (χ2v) is 5.31. The molecule has 0 radical (unpaired) electrons. The number of aromatic nitrogens is 2. The molecule has 2 aromatic heterocycles. The Kier molecular flexibility index (Phi) is 4.15. The van der Waals surface area contributed by atoms with Crippen LogP contribution in [0.1, 0.15) is 29.6 Å². The van der Waals surface area contributed by atoms with Crippen LogP contribution in [0.4, 0.5) is 5.82 Å². The lowest BCUT2D eigenvalue weighted by Gasteiger charge is -2.13. The van der Waals surface area contributed by atoms with E-state index < -0.39 is 0 Å². The van der Waals surface area contributed by atoms with Gasteiger partial charge in [-0.2, -0.15) is 0 Å². The van der Waals surface area contributed by atoms with Crippen LogP contribution < -0.4 is 10.1 Å². The Balaban J connectivity index is 2.06. The van der Waals surface area contributed by atoms with E-state index in [1.807, 2.05) is 13.0 Å². The summed E-state index contributed by atoms with van der Waals surface area (Å²) in [5.74, 6) is 1.39. The van der Waals surface area contributed by atoms with Crippen LogP contribution in [-0.4, -0.2) is 16.6 Å². The van der Waals surface area contributed by atoms with E-state index in [0.29, 0.717) is 12.5 Å². The lowest BCUT2D eigenvalue weighted by Crippen LogP contribution is -2.07. The molecule has 5 heteroatoms. The number of aryl methyl sites for hydroxylation is 1. The maximum absolute atomic E-state index is 5.35. The Bertz CT molecular complexity index is 512. The molecule has 0 aliphatic heterocycles. The SMILES string of the molecule is CCOc1cc(NC(C)c2ccc(C)s2)ncn1. The van der Waals surface area contributed by atoms with E-state index in [4.69, 9.17) is 4.74 Å². The minimum Gasteiger partial charge on any atom is -0.478 e. The Hall–Kier alpha value is -1.62. The second-order valence-electron chi connectivity index (χ2n) is 3.99. The Morgan fingerprint density at radius 2 is 2.22 bits per heavy atom. The molecule has 1 N–H and O–H groups in total. The van der Waals surface area contributed by atoms with Crippen LogP contribution >= 0.6 is 11.3 Å². The molecule has 0 amide bonds. The number of ether oxygens (including phenoxy) is 1. The summed E-state index contributed by atoms with van der Waals surface area (Å²) in [6.07, 6.45) is 1.51. The lowest BCUT2D eigenvalue weighted by atomic mass is 10.2. The molecule has 0 spiro atoms. The smallest absolute Gasteiger partial charge is 0.218 e. The molecule has 2 heterocycles. The molecule has 1 atom stereocenters. The third-order valence-corrected chi connectivity index (χ3v) is 3.67. The van der Waals surface area contributed by atoms with Crippen LogP contribution in [0.3, 0.4) is 0 Å². The van der Waals surface area contributed by atoms with E-state index in [0.717, 1.165) is 5.82 Å². The molecule has 1 unspecified atom stereocenters. The van der Waals surface area contributed by atoms with Crippen LogP contribution in [0.15, 0.2) is 24.5 Å². The summed E-state index contributed by atoms with van der Waals surface area (Å²) >= 11 is 1.79. The molecular weight excluding hydrogens is 246 g/mol. The summed E-state index contributed by atoms with van der Waals surface area (Å²) in [5, 5.41) is 3.35. The highest BCUT2D eigenvalue weighted by Gasteiger charge is 2.08. The number of hydrogen-bond donors (Lipinski definition) is 1. The van der Waals surface area contributed by atoms with Crippen molar-refractivity contribution in [2.45, 2.75) is 26.8 Å². The molecule has 0 bridgehead atoms. The number of rotatable bonds is 5. The zero-order valence-corrected chi connectivity index (χ0v) is 11.6. The molecule has 18 heavy (non-hydrogen) atoms. The van der Waals surface area contributed by atoms with E-state index in [-0.39, 0.29) is 6.04 Å². The molecule has 0 aliphatic carbocycles. The summed E-state index contributed by atoms with van der Waals surface area (Å²) in [6, 6.07) is 6.32. The average molecular weight is 263 g/mol. The Morgan fingerprint density at radius 1 is 1.39 bits per heavy atom. The molecule has 0 saturated heterocycles. The van der Waals surface area contributed by atoms with Crippen LogP contribution in [-0.2, 0) is 0 Å². The van der Waals surface area contributed by atoms with Crippen LogP contribution in [0.25, 0.3) is 0 Å². The van der Waals surface area contributed by atoms with Gasteiger partial charge in [-0.3, -0.25) is 0 Å². The first-order valence-electron chi connectivity index (χ1n) is 5.96. The number of hydrogen-bond acceptors (Lipinski definition) is 5. The molecule has 0 saturated carbocycles. The third-order valence-electron chi connectivity index (χ3n) is 2.49. The van der Waals surface area contributed by atoms with Crippen molar-refractivity contribution < 1.29 is 4.74 Å². The van der Waals surface area contributed by atoms with E-state index in [1.54, 1.807) is 11.3 Å². The van der Waals surface area contributed by atoms with Gasteiger partial charge in [0.2, 0.25) is 5.88 Å². The highest BCUT2D eigenvalue weighted by atomic mass is 32.1. The molecule has 0 aliphatic rings. The fraction of sp³-hybridized carbons (Fsp3) is 0.385. The summed E-state index contributed by atoms with van der Waals surface area (Å²) in [5.41, 5.74) is 0. The van der Waals surface area contributed by atoms with Gasteiger partial charge in [-0.1, -0.05) is 0 Å². The first-order chi connectivity index (χ1) is 8.69. The second kappa shape index (κ2) is 5.82. The zero-order valence-electron chi connectivity index (χ0n) is 10.8. The first-order valence-corrected chi connectivity index (χ1v) is 6.78. The zero-order chi connectivity index (χ0) is 13.0. The van der Waals surface area contributed by atoms with Gasteiger partial charge in [0.25, 0.3) is 0 Å². The van der Waals surface area contributed by atoms with Gasteiger partial charge in [-0.25, -0.2) is 9.97 Å². The van der Waals surface area contributed by atoms with Crippen LogP contribution in [0.2, 0.25) is 0 Å². The summed E-state index contributed by atoms with van der Waals surface area (Å²) < 4.78 is 5.35. The number of anilines is 1. The van der Waals surface area contributed by atoms with Crippen LogP contribution in [0, 0.1) is 6.92 Å². The first kappa shape index (κ1) is 12.8. The normalized spacial score (nSPS) is 12.2. The average Bonchev–Trinajstić information content (AvgIpc) is 2.77.